The van der Waals surface area contributed by atoms with Crippen molar-refractivity contribution in [2.24, 2.45) is 10.9 Å². The van der Waals surface area contributed by atoms with Gasteiger partial charge in [-0.1, -0.05) is 5.16 Å². The maximum absolute atomic E-state index is 12.1. The summed E-state index contributed by atoms with van der Waals surface area (Å²) in [6, 6.07) is 0. The number of sulfonamides is 1. The molecule has 1 saturated heterocycles. The first-order chi connectivity index (χ1) is 8.46. The molecule has 2 fully saturated rings. The molecule has 1 saturated carbocycles. The molecule has 104 valence electrons. The van der Waals surface area contributed by atoms with Gasteiger partial charge in [0.2, 0.25) is 10.0 Å². The highest BCUT2D eigenvalue weighted by molar-refractivity contribution is 8.00. The molecule has 0 bridgehead atoms. The highest BCUT2D eigenvalue weighted by Crippen LogP contribution is 2.38. The average Bonchev–Trinajstić information content (AvgIpc) is 3.22. The van der Waals surface area contributed by atoms with Crippen molar-refractivity contribution in [3.63, 3.8) is 0 Å². The van der Waals surface area contributed by atoms with Gasteiger partial charge in [0.1, 0.15) is 0 Å². The molecule has 8 heteroatoms. The third-order valence-electron chi connectivity index (χ3n) is 3.80. The number of nitrogens with two attached hydrogens (primary N) is 1. The first-order valence-electron chi connectivity index (χ1n) is 5.98. The Morgan fingerprint density at radius 3 is 2.39 bits per heavy atom. The summed E-state index contributed by atoms with van der Waals surface area (Å²) in [7, 11) is -3.10. The highest BCUT2D eigenvalue weighted by atomic mass is 32.2. The molecule has 0 aromatic heterocycles. The zero-order valence-electron chi connectivity index (χ0n) is 10.4. The van der Waals surface area contributed by atoms with E-state index in [1.165, 1.54) is 11.8 Å². The lowest BCUT2D eigenvalue weighted by Crippen LogP contribution is -2.51. The van der Waals surface area contributed by atoms with Crippen LogP contribution in [0.15, 0.2) is 5.16 Å². The van der Waals surface area contributed by atoms with Crippen molar-refractivity contribution in [2.45, 2.75) is 35.7 Å². The van der Waals surface area contributed by atoms with Crippen LogP contribution in [-0.4, -0.2) is 53.1 Å². The summed E-state index contributed by atoms with van der Waals surface area (Å²) in [6.07, 6.45) is 4.66. The third kappa shape index (κ3) is 2.33. The number of hydrogen-bond acceptors (Lipinski definition) is 5. The SMILES string of the molecule is CSC1(C(N)=NO)CCN(S(=O)(=O)C2CC2)CC1. The van der Waals surface area contributed by atoms with E-state index in [2.05, 4.69) is 5.16 Å². The topological polar surface area (TPSA) is 96.0 Å². The van der Waals surface area contributed by atoms with Crippen LogP contribution < -0.4 is 5.73 Å². The lowest BCUT2D eigenvalue weighted by molar-refractivity contribution is 0.300. The smallest absolute Gasteiger partial charge is 0.216 e. The second-order valence-corrected chi connectivity index (χ2v) is 8.23. The number of nitrogens with zero attached hydrogens (tertiary/aromatic N) is 2. The molecule has 2 aliphatic rings. The Hall–Kier alpha value is -0.470. The fraction of sp³-hybridized carbons (Fsp3) is 0.900. The predicted octanol–water partition coefficient (Wildman–Crippen LogP) is 0.423. The van der Waals surface area contributed by atoms with Crippen LogP contribution in [0.1, 0.15) is 25.7 Å². The van der Waals surface area contributed by atoms with Crippen molar-refractivity contribution in [2.75, 3.05) is 19.3 Å². The first kappa shape index (κ1) is 14.0. The minimum absolute atomic E-state index is 0.164. The van der Waals surface area contributed by atoms with Crippen LogP contribution in [0.3, 0.4) is 0 Å². The van der Waals surface area contributed by atoms with E-state index in [0.29, 0.717) is 25.9 Å². The van der Waals surface area contributed by atoms with Gasteiger partial charge >= 0.3 is 0 Å². The molecule has 1 heterocycles. The van der Waals surface area contributed by atoms with E-state index < -0.39 is 14.8 Å². The Morgan fingerprint density at radius 2 is 2.00 bits per heavy atom. The summed E-state index contributed by atoms with van der Waals surface area (Å²) >= 11 is 1.53. The Bertz CT molecular complexity index is 437. The molecule has 6 nitrogen and oxygen atoms in total. The Labute approximate surface area is 112 Å². The summed E-state index contributed by atoms with van der Waals surface area (Å²) < 4.78 is 25.3. The van der Waals surface area contributed by atoms with Crippen molar-refractivity contribution < 1.29 is 13.6 Å². The Morgan fingerprint density at radius 1 is 1.44 bits per heavy atom. The first-order valence-corrected chi connectivity index (χ1v) is 8.71. The molecule has 0 radical (unpaired) electrons. The van der Waals surface area contributed by atoms with Crippen molar-refractivity contribution in [1.82, 2.24) is 4.31 Å². The zero-order chi connectivity index (χ0) is 13.4. The fourth-order valence-corrected chi connectivity index (χ4v) is 5.02. The lowest BCUT2D eigenvalue weighted by atomic mass is 9.96. The second-order valence-electron chi connectivity index (χ2n) is 4.83. The summed E-state index contributed by atoms with van der Waals surface area (Å²) in [5.41, 5.74) is 5.73. The van der Waals surface area contributed by atoms with E-state index in [1.54, 1.807) is 4.31 Å². The number of amidine groups is 1. The van der Waals surface area contributed by atoms with E-state index in [1.807, 2.05) is 6.26 Å². The normalized spacial score (nSPS) is 26.2. The molecule has 0 atom stereocenters. The molecule has 1 aliphatic heterocycles. The van der Waals surface area contributed by atoms with Gasteiger partial charge in [-0.2, -0.15) is 11.8 Å². The standard InChI is InChI=1S/C10H19N3O3S2/c1-17-10(9(11)12-14)4-6-13(7-5-10)18(15,16)8-2-3-8/h8,14H,2-7H2,1H3,(H2,11,12). The van der Waals surface area contributed by atoms with Crippen LogP contribution in [0, 0.1) is 0 Å². The average molecular weight is 293 g/mol. The summed E-state index contributed by atoms with van der Waals surface area (Å²) in [5, 5.41) is 11.8. The van der Waals surface area contributed by atoms with Crippen molar-refractivity contribution in [3.8, 4) is 0 Å². The van der Waals surface area contributed by atoms with Gasteiger partial charge in [0.05, 0.1) is 10.00 Å². The summed E-state index contributed by atoms with van der Waals surface area (Å²) in [5.74, 6) is 0.193. The van der Waals surface area contributed by atoms with E-state index in [0.717, 1.165) is 12.8 Å². The van der Waals surface area contributed by atoms with Crippen LogP contribution in [0.5, 0.6) is 0 Å². The molecule has 0 unspecified atom stereocenters. The fourth-order valence-electron chi connectivity index (χ4n) is 2.33. The number of piperidine rings is 1. The van der Waals surface area contributed by atoms with Crippen molar-refractivity contribution in [1.29, 1.82) is 0 Å². The monoisotopic (exact) mass is 293 g/mol. The van der Waals surface area contributed by atoms with Crippen molar-refractivity contribution in [3.05, 3.63) is 0 Å². The van der Waals surface area contributed by atoms with Gasteiger partial charge in [-0.05, 0) is 31.9 Å². The van der Waals surface area contributed by atoms with Gasteiger partial charge in [0, 0.05) is 13.1 Å². The lowest BCUT2D eigenvalue weighted by Gasteiger charge is -2.39. The molecule has 2 rings (SSSR count). The van der Waals surface area contributed by atoms with Crippen LogP contribution >= 0.6 is 11.8 Å². The molecule has 0 aromatic carbocycles. The van der Waals surface area contributed by atoms with Crippen LogP contribution in [0.4, 0.5) is 0 Å². The quantitative estimate of drug-likeness (QED) is 0.339. The maximum atomic E-state index is 12.1. The number of rotatable bonds is 4. The van der Waals surface area contributed by atoms with Gasteiger partial charge in [-0.15, -0.1) is 0 Å². The Kier molecular flexibility index (Phi) is 3.80. The number of thioether (sulfide) groups is 1. The molecule has 0 spiro atoms. The molecular weight excluding hydrogens is 274 g/mol. The van der Waals surface area contributed by atoms with Gasteiger partial charge in [0.15, 0.2) is 5.84 Å². The predicted molar refractivity (Wildman–Crippen MR) is 72.4 cm³/mol. The molecule has 0 amide bonds. The van der Waals surface area contributed by atoms with E-state index in [-0.39, 0.29) is 11.1 Å². The minimum atomic E-state index is -3.10. The summed E-state index contributed by atoms with van der Waals surface area (Å²) in [4.78, 5) is 0. The Balaban J connectivity index is 2.07. The second kappa shape index (κ2) is 4.90. The van der Waals surface area contributed by atoms with Gasteiger partial charge in [-0.3, -0.25) is 0 Å². The summed E-state index contributed by atoms with van der Waals surface area (Å²) in [6.45, 7) is 0.909. The van der Waals surface area contributed by atoms with E-state index in [4.69, 9.17) is 10.9 Å². The van der Waals surface area contributed by atoms with Gasteiger partial charge in [0.25, 0.3) is 0 Å². The van der Waals surface area contributed by atoms with E-state index in [9.17, 15) is 8.42 Å². The molecule has 3 N–H and O–H groups in total. The van der Waals surface area contributed by atoms with Gasteiger partial charge in [-0.25, -0.2) is 12.7 Å². The molecule has 18 heavy (non-hydrogen) atoms. The van der Waals surface area contributed by atoms with E-state index >= 15 is 0 Å². The zero-order valence-corrected chi connectivity index (χ0v) is 12.0. The number of oxime groups is 1. The van der Waals surface area contributed by atoms with Crippen molar-refractivity contribution >= 4 is 27.6 Å². The third-order valence-corrected chi connectivity index (χ3v) is 7.60. The van der Waals surface area contributed by atoms with Crippen LogP contribution in [0.25, 0.3) is 0 Å². The highest BCUT2D eigenvalue weighted by Gasteiger charge is 2.45. The number of hydrogen-bond donors (Lipinski definition) is 2. The molecular formula is C10H19N3O3S2. The van der Waals surface area contributed by atoms with Crippen LogP contribution in [-0.2, 0) is 10.0 Å². The largest absolute Gasteiger partial charge is 0.409 e. The molecule has 1 aliphatic carbocycles. The minimum Gasteiger partial charge on any atom is -0.409 e. The van der Waals surface area contributed by atoms with Crippen LogP contribution in [0.2, 0.25) is 0 Å². The van der Waals surface area contributed by atoms with Gasteiger partial charge < -0.3 is 10.9 Å². The maximum Gasteiger partial charge on any atom is 0.216 e. The molecule has 0 aromatic rings.